The van der Waals surface area contributed by atoms with E-state index in [2.05, 4.69) is 45.1 Å². The monoisotopic (exact) mass is 1110 g/mol. The highest BCUT2D eigenvalue weighted by atomic mass is 16.6. The fourth-order valence-corrected chi connectivity index (χ4v) is 11.1. The summed E-state index contributed by atoms with van der Waals surface area (Å²) in [6, 6.07) is 0. The van der Waals surface area contributed by atoms with E-state index in [1.807, 2.05) is 0 Å². The van der Waals surface area contributed by atoms with Gasteiger partial charge in [0.15, 0.2) is 6.10 Å². The molecule has 0 saturated carbocycles. The molecule has 0 saturated heterocycles. The molecular formula is C73H138O6. The summed E-state index contributed by atoms with van der Waals surface area (Å²) < 4.78 is 16.9. The fourth-order valence-electron chi connectivity index (χ4n) is 11.1. The Labute approximate surface area is 493 Å². The van der Waals surface area contributed by atoms with Gasteiger partial charge in [0.25, 0.3) is 0 Å². The summed E-state index contributed by atoms with van der Waals surface area (Å²) >= 11 is 0. The van der Waals surface area contributed by atoms with Gasteiger partial charge in [0.05, 0.1) is 0 Å². The Morgan fingerprint density at radius 1 is 0.253 bits per heavy atom. The molecule has 0 N–H and O–H groups in total. The van der Waals surface area contributed by atoms with Gasteiger partial charge >= 0.3 is 17.9 Å². The average Bonchev–Trinajstić information content (AvgIpc) is 3.45. The smallest absolute Gasteiger partial charge is 0.306 e. The van der Waals surface area contributed by atoms with E-state index in [4.69, 9.17) is 14.2 Å². The zero-order valence-corrected chi connectivity index (χ0v) is 53.7. The highest BCUT2D eigenvalue weighted by Gasteiger charge is 2.19. The Hall–Kier alpha value is -2.11. The summed E-state index contributed by atoms with van der Waals surface area (Å²) in [6.07, 6.45) is 83.8. The number of carbonyl (C=O) groups excluding carboxylic acids is 3. The molecule has 1 atom stereocenters. The normalized spacial score (nSPS) is 12.1. The third kappa shape index (κ3) is 66.6. The molecule has 0 aromatic carbocycles. The van der Waals surface area contributed by atoms with Gasteiger partial charge in [-0.25, -0.2) is 0 Å². The van der Waals surface area contributed by atoms with Gasteiger partial charge in [0.2, 0.25) is 0 Å². The third-order valence-corrected chi connectivity index (χ3v) is 16.5. The van der Waals surface area contributed by atoms with Crippen LogP contribution in [0, 0.1) is 0 Å². The van der Waals surface area contributed by atoms with Gasteiger partial charge in [-0.05, 0) is 51.4 Å². The molecule has 466 valence electrons. The quantitative estimate of drug-likeness (QED) is 0.0261. The average molecular weight is 1110 g/mol. The van der Waals surface area contributed by atoms with Crippen molar-refractivity contribution in [3.63, 3.8) is 0 Å². The Morgan fingerprint density at radius 2 is 0.456 bits per heavy atom. The van der Waals surface area contributed by atoms with Gasteiger partial charge in [0.1, 0.15) is 13.2 Å². The largest absolute Gasteiger partial charge is 0.462 e. The van der Waals surface area contributed by atoms with E-state index < -0.39 is 6.10 Å². The highest BCUT2D eigenvalue weighted by molar-refractivity contribution is 5.71. The number of ether oxygens (including phenoxy) is 3. The van der Waals surface area contributed by atoms with Crippen LogP contribution in [-0.2, 0) is 28.6 Å². The Kier molecular flexibility index (Phi) is 66.6. The number of rotatable bonds is 67. The SMILES string of the molecule is CCCCCCC/C=C\C/C=C\CCCCCCCCCCCCCCCCCCCCCCCCCC(=O)OCC(COC(=O)CCCCCCCCCCCCC)OC(=O)CCCCCCCCCCCCCCCCC. The van der Waals surface area contributed by atoms with Crippen LogP contribution in [0.1, 0.15) is 406 Å². The minimum atomic E-state index is -0.764. The van der Waals surface area contributed by atoms with Gasteiger partial charge in [0, 0.05) is 19.3 Å². The number of allylic oxidation sites excluding steroid dienone is 4. The second kappa shape index (κ2) is 68.4. The first-order chi connectivity index (χ1) is 39.0. The molecule has 0 aliphatic carbocycles. The lowest BCUT2D eigenvalue weighted by Gasteiger charge is -2.18. The van der Waals surface area contributed by atoms with Crippen molar-refractivity contribution < 1.29 is 28.6 Å². The van der Waals surface area contributed by atoms with Gasteiger partial charge < -0.3 is 14.2 Å². The molecule has 1 unspecified atom stereocenters. The van der Waals surface area contributed by atoms with E-state index in [1.165, 1.54) is 302 Å². The summed E-state index contributed by atoms with van der Waals surface area (Å²) in [5, 5.41) is 0. The van der Waals surface area contributed by atoms with Crippen molar-refractivity contribution in [3.05, 3.63) is 24.3 Å². The number of esters is 3. The first-order valence-electron chi connectivity index (χ1n) is 35.8. The van der Waals surface area contributed by atoms with E-state index in [1.54, 1.807) is 0 Å². The molecule has 0 rings (SSSR count). The second-order valence-corrected chi connectivity index (χ2v) is 24.5. The molecule has 0 aromatic rings. The summed E-state index contributed by atoms with van der Waals surface area (Å²) in [4.78, 5) is 38.3. The van der Waals surface area contributed by atoms with E-state index in [0.717, 1.165) is 64.2 Å². The standard InChI is InChI=1S/C73H138O6/c1-4-7-10-13-16-19-22-24-26-27-28-29-30-31-32-33-34-35-36-37-38-39-40-41-42-43-44-45-47-48-51-54-57-60-63-66-72(75)78-69-70(68-77-71(74)65-62-59-56-53-50-21-18-15-12-9-6-3)79-73(76)67-64-61-58-55-52-49-46-25-23-20-17-14-11-8-5-2/h22,24,27-28,70H,4-21,23,25-26,29-69H2,1-3H3/b24-22-,28-27-. The summed E-state index contributed by atoms with van der Waals surface area (Å²) in [5.41, 5.74) is 0. The van der Waals surface area contributed by atoms with Crippen LogP contribution in [0.4, 0.5) is 0 Å². The number of unbranched alkanes of at least 4 members (excludes halogenated alkanes) is 52. The highest BCUT2D eigenvalue weighted by Crippen LogP contribution is 2.19. The summed E-state index contributed by atoms with van der Waals surface area (Å²) in [6.45, 7) is 6.70. The topological polar surface area (TPSA) is 78.9 Å². The third-order valence-electron chi connectivity index (χ3n) is 16.5. The Bertz CT molecular complexity index is 1270. The predicted octanol–water partition coefficient (Wildman–Crippen LogP) is 24.6. The maximum Gasteiger partial charge on any atom is 0.306 e. The first-order valence-corrected chi connectivity index (χ1v) is 35.8. The first kappa shape index (κ1) is 76.9. The Balaban J connectivity index is 3.99. The van der Waals surface area contributed by atoms with Crippen molar-refractivity contribution in [2.45, 2.75) is 412 Å². The maximum absolute atomic E-state index is 12.9. The van der Waals surface area contributed by atoms with E-state index in [0.29, 0.717) is 19.3 Å². The van der Waals surface area contributed by atoms with Gasteiger partial charge in [-0.2, -0.15) is 0 Å². The van der Waals surface area contributed by atoms with Crippen molar-refractivity contribution >= 4 is 17.9 Å². The Morgan fingerprint density at radius 3 is 0.696 bits per heavy atom. The van der Waals surface area contributed by atoms with E-state index >= 15 is 0 Å². The van der Waals surface area contributed by atoms with Gasteiger partial charge in [-0.1, -0.05) is 360 Å². The zero-order chi connectivity index (χ0) is 57.1. The van der Waals surface area contributed by atoms with Crippen LogP contribution in [0.25, 0.3) is 0 Å². The molecule has 0 bridgehead atoms. The van der Waals surface area contributed by atoms with Crippen molar-refractivity contribution in [3.8, 4) is 0 Å². The molecular weight excluding hydrogens is 973 g/mol. The minimum Gasteiger partial charge on any atom is -0.462 e. The second-order valence-electron chi connectivity index (χ2n) is 24.5. The molecule has 0 spiro atoms. The molecule has 0 fully saturated rings. The lowest BCUT2D eigenvalue weighted by Crippen LogP contribution is -2.30. The molecule has 6 heteroatoms. The number of hydrogen-bond acceptors (Lipinski definition) is 6. The molecule has 0 aliphatic heterocycles. The number of hydrogen-bond donors (Lipinski definition) is 0. The molecule has 6 nitrogen and oxygen atoms in total. The van der Waals surface area contributed by atoms with Crippen molar-refractivity contribution in [1.29, 1.82) is 0 Å². The van der Waals surface area contributed by atoms with Crippen LogP contribution in [0.5, 0.6) is 0 Å². The van der Waals surface area contributed by atoms with Crippen LogP contribution in [0.3, 0.4) is 0 Å². The van der Waals surface area contributed by atoms with Crippen LogP contribution >= 0.6 is 0 Å². The molecule has 0 radical (unpaired) electrons. The summed E-state index contributed by atoms with van der Waals surface area (Å²) in [7, 11) is 0. The molecule has 0 amide bonds. The summed E-state index contributed by atoms with van der Waals surface area (Å²) in [5.74, 6) is -0.832. The van der Waals surface area contributed by atoms with Crippen LogP contribution in [0.15, 0.2) is 24.3 Å². The van der Waals surface area contributed by atoms with Gasteiger partial charge in [-0.15, -0.1) is 0 Å². The number of carbonyl (C=O) groups is 3. The minimum absolute atomic E-state index is 0.0628. The molecule has 0 aromatic heterocycles. The predicted molar refractivity (Wildman–Crippen MR) is 344 cm³/mol. The van der Waals surface area contributed by atoms with Crippen molar-refractivity contribution in [2.24, 2.45) is 0 Å². The molecule has 79 heavy (non-hydrogen) atoms. The fraction of sp³-hybridized carbons (Fsp3) is 0.904. The lowest BCUT2D eigenvalue weighted by atomic mass is 10.0. The van der Waals surface area contributed by atoms with E-state index in [9.17, 15) is 14.4 Å². The van der Waals surface area contributed by atoms with Crippen LogP contribution < -0.4 is 0 Å². The van der Waals surface area contributed by atoms with Crippen molar-refractivity contribution in [1.82, 2.24) is 0 Å². The lowest BCUT2D eigenvalue weighted by molar-refractivity contribution is -0.167. The van der Waals surface area contributed by atoms with Crippen LogP contribution in [-0.4, -0.2) is 37.2 Å². The molecule has 0 aliphatic rings. The molecule has 0 heterocycles. The van der Waals surface area contributed by atoms with E-state index in [-0.39, 0.29) is 31.1 Å². The zero-order valence-electron chi connectivity index (χ0n) is 53.7. The van der Waals surface area contributed by atoms with Crippen molar-refractivity contribution in [2.75, 3.05) is 13.2 Å². The maximum atomic E-state index is 12.9. The van der Waals surface area contributed by atoms with Crippen LogP contribution in [0.2, 0.25) is 0 Å². The van der Waals surface area contributed by atoms with Gasteiger partial charge in [-0.3, -0.25) is 14.4 Å².